The van der Waals surface area contributed by atoms with Crippen LogP contribution < -0.4 is 4.74 Å². The van der Waals surface area contributed by atoms with E-state index in [0.717, 1.165) is 12.0 Å². The van der Waals surface area contributed by atoms with Gasteiger partial charge in [-0.3, -0.25) is 4.79 Å². The highest BCUT2D eigenvalue weighted by Crippen LogP contribution is 2.38. The first-order valence-corrected chi connectivity index (χ1v) is 11.0. The zero-order valence-electron chi connectivity index (χ0n) is 19.0. The number of hydrogen-bond acceptors (Lipinski definition) is 7. The Hall–Kier alpha value is -3.68. The average molecular weight is 453 g/mol. The zero-order valence-corrected chi connectivity index (χ0v) is 19.0. The number of carbonyl (C=O) groups excluding carboxylic acids is 1. The van der Waals surface area contributed by atoms with E-state index in [9.17, 15) is 9.59 Å². The van der Waals surface area contributed by atoms with Gasteiger partial charge in [0, 0.05) is 23.1 Å². The lowest BCUT2D eigenvalue weighted by atomic mass is 10.0. The fraction of sp³-hybridized carbons (Fsp3) is 0.360. The summed E-state index contributed by atoms with van der Waals surface area (Å²) in [5.74, 6) is -0.327. The van der Waals surface area contributed by atoms with E-state index in [1.807, 2.05) is 37.3 Å². The summed E-state index contributed by atoms with van der Waals surface area (Å²) in [4.78, 5) is 31.6. The van der Waals surface area contributed by atoms with Crippen molar-refractivity contribution in [1.29, 1.82) is 0 Å². The Morgan fingerprint density at radius 3 is 2.64 bits per heavy atom. The quantitative estimate of drug-likeness (QED) is 0.238. The van der Waals surface area contributed by atoms with Crippen LogP contribution >= 0.6 is 0 Å². The average Bonchev–Trinajstić information content (AvgIpc) is 3.16. The number of ether oxygens (including phenoxy) is 2. The molecule has 8 heteroatoms. The summed E-state index contributed by atoms with van der Waals surface area (Å²) in [5.41, 5.74) is 2.22. The van der Waals surface area contributed by atoms with E-state index in [1.165, 1.54) is 6.33 Å². The van der Waals surface area contributed by atoms with E-state index in [2.05, 4.69) is 9.97 Å². The number of esters is 1. The first-order valence-electron chi connectivity index (χ1n) is 11.0. The van der Waals surface area contributed by atoms with Gasteiger partial charge in [-0.25, -0.2) is 14.8 Å². The molecule has 0 saturated heterocycles. The van der Waals surface area contributed by atoms with Crippen LogP contribution in [0.5, 0.6) is 5.88 Å². The molecule has 0 aliphatic heterocycles. The third kappa shape index (κ3) is 6.19. The molecule has 0 bridgehead atoms. The highest BCUT2D eigenvalue weighted by Gasteiger charge is 2.22. The second-order valence-corrected chi connectivity index (χ2v) is 7.69. The standard InChI is InChI=1S/C25H28N2O6/c1-4-31-25(30)16(2)14-19-21-23(32-17(3)10-8-9-13-20(28)29)26-15-27-24(21)33-22(19)18-11-6-5-7-12-18/h5-7,11-12,14-15,17H,4,8-10,13H2,1-3H3,(H,28,29)/t17-/m1/s1. The van der Waals surface area contributed by atoms with E-state index in [-0.39, 0.29) is 19.1 Å². The summed E-state index contributed by atoms with van der Waals surface area (Å²) in [6, 6.07) is 9.53. The van der Waals surface area contributed by atoms with Crippen molar-refractivity contribution in [2.24, 2.45) is 0 Å². The van der Waals surface area contributed by atoms with Crippen molar-refractivity contribution in [1.82, 2.24) is 9.97 Å². The topological polar surface area (TPSA) is 112 Å². The van der Waals surface area contributed by atoms with Crippen molar-refractivity contribution >= 4 is 29.1 Å². The molecular formula is C25H28N2O6. The van der Waals surface area contributed by atoms with E-state index in [1.54, 1.807) is 19.9 Å². The molecular weight excluding hydrogens is 424 g/mol. The molecule has 2 aromatic heterocycles. The van der Waals surface area contributed by atoms with Gasteiger partial charge in [0.1, 0.15) is 17.5 Å². The third-order valence-electron chi connectivity index (χ3n) is 5.05. The number of aromatic nitrogens is 2. The lowest BCUT2D eigenvalue weighted by Gasteiger charge is -2.14. The minimum atomic E-state index is -0.804. The van der Waals surface area contributed by atoms with E-state index < -0.39 is 11.9 Å². The molecule has 3 aromatic rings. The maximum absolute atomic E-state index is 12.3. The first kappa shape index (κ1) is 24.0. The van der Waals surface area contributed by atoms with Crippen LogP contribution in [0.2, 0.25) is 0 Å². The molecule has 0 amide bonds. The molecule has 1 N–H and O–H groups in total. The van der Waals surface area contributed by atoms with Gasteiger partial charge in [-0.1, -0.05) is 30.3 Å². The fourth-order valence-electron chi connectivity index (χ4n) is 3.44. The Bertz CT molecular complexity index is 1140. The van der Waals surface area contributed by atoms with Crippen LogP contribution in [0, 0.1) is 0 Å². The van der Waals surface area contributed by atoms with Crippen LogP contribution in [0.3, 0.4) is 0 Å². The van der Waals surface area contributed by atoms with Crippen LogP contribution in [-0.4, -0.2) is 39.7 Å². The molecule has 33 heavy (non-hydrogen) atoms. The molecule has 0 aliphatic rings. The number of hydrogen-bond donors (Lipinski definition) is 1. The van der Waals surface area contributed by atoms with Crippen molar-refractivity contribution in [3.8, 4) is 17.2 Å². The fourth-order valence-corrected chi connectivity index (χ4v) is 3.44. The summed E-state index contributed by atoms with van der Waals surface area (Å²) in [5, 5.41) is 9.37. The van der Waals surface area contributed by atoms with Gasteiger partial charge in [-0.05, 0) is 46.1 Å². The van der Waals surface area contributed by atoms with Crippen molar-refractivity contribution in [2.45, 2.75) is 52.6 Å². The van der Waals surface area contributed by atoms with Crippen molar-refractivity contribution < 1.29 is 28.6 Å². The minimum absolute atomic E-state index is 0.134. The molecule has 8 nitrogen and oxygen atoms in total. The first-order chi connectivity index (χ1) is 15.9. The number of rotatable bonds is 11. The van der Waals surface area contributed by atoms with Crippen LogP contribution in [0.15, 0.2) is 46.6 Å². The number of carboxylic acid groups (broad SMARTS) is 1. The minimum Gasteiger partial charge on any atom is -0.481 e. The molecule has 3 rings (SSSR count). The normalized spacial score (nSPS) is 12.5. The van der Waals surface area contributed by atoms with Crippen LogP contribution in [-0.2, 0) is 14.3 Å². The zero-order chi connectivity index (χ0) is 23.8. The van der Waals surface area contributed by atoms with Crippen molar-refractivity contribution in [3.05, 3.63) is 47.8 Å². The number of furan rings is 1. The summed E-state index contributed by atoms with van der Waals surface area (Å²) >= 11 is 0. The van der Waals surface area contributed by atoms with Crippen molar-refractivity contribution in [3.63, 3.8) is 0 Å². The predicted octanol–water partition coefficient (Wildman–Crippen LogP) is 5.27. The SMILES string of the molecule is CCOC(=O)C(C)=Cc1c(-c2ccccc2)oc2ncnc(O[C@H](C)CCCCC(=O)O)c12. The summed E-state index contributed by atoms with van der Waals surface area (Å²) in [6.07, 6.45) is 4.99. The highest BCUT2D eigenvalue weighted by molar-refractivity contribution is 6.01. The Morgan fingerprint density at radius 2 is 1.94 bits per heavy atom. The van der Waals surface area contributed by atoms with Gasteiger partial charge in [0.2, 0.25) is 11.6 Å². The number of carboxylic acids is 1. The van der Waals surface area contributed by atoms with E-state index in [0.29, 0.717) is 46.7 Å². The molecule has 0 spiro atoms. The van der Waals surface area contributed by atoms with Crippen LogP contribution in [0.25, 0.3) is 28.5 Å². The Kier molecular flexibility index (Phi) is 8.18. The lowest BCUT2D eigenvalue weighted by Crippen LogP contribution is -2.13. The van der Waals surface area contributed by atoms with E-state index in [4.69, 9.17) is 19.0 Å². The second kappa shape index (κ2) is 11.3. The van der Waals surface area contributed by atoms with Gasteiger partial charge in [0.15, 0.2) is 0 Å². The number of carbonyl (C=O) groups is 2. The van der Waals surface area contributed by atoms with Crippen molar-refractivity contribution in [2.75, 3.05) is 6.61 Å². The van der Waals surface area contributed by atoms with Gasteiger partial charge in [-0.15, -0.1) is 0 Å². The molecule has 0 aliphatic carbocycles. The predicted molar refractivity (Wildman–Crippen MR) is 124 cm³/mol. The molecule has 2 heterocycles. The van der Waals surface area contributed by atoms with Gasteiger partial charge in [0.05, 0.1) is 12.7 Å². The summed E-state index contributed by atoms with van der Waals surface area (Å²) in [7, 11) is 0. The largest absolute Gasteiger partial charge is 0.481 e. The summed E-state index contributed by atoms with van der Waals surface area (Å²) in [6.45, 7) is 5.62. The van der Waals surface area contributed by atoms with Gasteiger partial charge in [0.25, 0.3) is 0 Å². The maximum atomic E-state index is 12.3. The number of unbranched alkanes of at least 4 members (excludes halogenated alkanes) is 1. The number of aliphatic carboxylic acids is 1. The summed E-state index contributed by atoms with van der Waals surface area (Å²) < 4.78 is 17.3. The van der Waals surface area contributed by atoms with Gasteiger partial charge >= 0.3 is 11.9 Å². The second-order valence-electron chi connectivity index (χ2n) is 7.69. The molecule has 174 valence electrons. The molecule has 1 atom stereocenters. The number of fused-ring (bicyclic) bond motifs is 1. The Morgan fingerprint density at radius 1 is 1.18 bits per heavy atom. The molecule has 0 radical (unpaired) electrons. The van der Waals surface area contributed by atoms with Crippen LogP contribution in [0.1, 0.15) is 52.0 Å². The monoisotopic (exact) mass is 452 g/mol. The lowest BCUT2D eigenvalue weighted by molar-refractivity contribution is -0.138. The molecule has 0 unspecified atom stereocenters. The Balaban J connectivity index is 2.00. The smallest absolute Gasteiger partial charge is 0.333 e. The van der Waals surface area contributed by atoms with Gasteiger partial charge < -0.3 is 19.0 Å². The highest BCUT2D eigenvalue weighted by atomic mass is 16.5. The third-order valence-corrected chi connectivity index (χ3v) is 5.05. The van der Waals surface area contributed by atoms with E-state index >= 15 is 0 Å². The molecule has 0 saturated carbocycles. The number of benzene rings is 1. The number of nitrogens with zero attached hydrogens (tertiary/aromatic N) is 2. The Labute approximate surface area is 192 Å². The molecule has 0 fully saturated rings. The maximum Gasteiger partial charge on any atom is 0.333 e. The van der Waals surface area contributed by atoms with Gasteiger partial charge in [-0.2, -0.15) is 0 Å². The van der Waals surface area contributed by atoms with Crippen LogP contribution in [0.4, 0.5) is 0 Å². The molecule has 1 aromatic carbocycles.